The Kier molecular flexibility index (Phi) is 5.88. The van der Waals surface area contributed by atoms with E-state index in [1.165, 1.54) is 13.0 Å². The number of hydrogen-bond acceptors (Lipinski definition) is 5. The van der Waals surface area contributed by atoms with Gasteiger partial charge in [-0.1, -0.05) is 42.1 Å². The van der Waals surface area contributed by atoms with Crippen molar-refractivity contribution in [2.45, 2.75) is 30.3 Å². The number of benzene rings is 2. The standard InChI is InChI=1S/C20H16F3N3O2S/c1-11(27)13-6-5-7-14(10-13)24-17(28)12(2)29-18-15-8-3-4-9-16(15)25-19(26-18)20(21,22)23/h3-10,12H,1-2H3,(H,24,28)/t12-/m0/s1. The van der Waals surface area contributed by atoms with E-state index < -0.39 is 23.2 Å². The van der Waals surface area contributed by atoms with Crippen molar-refractivity contribution in [1.82, 2.24) is 9.97 Å². The van der Waals surface area contributed by atoms with Crippen LogP contribution in [-0.4, -0.2) is 26.9 Å². The lowest BCUT2D eigenvalue weighted by molar-refractivity contribution is -0.145. The van der Waals surface area contributed by atoms with Crippen LogP contribution in [0.1, 0.15) is 30.0 Å². The van der Waals surface area contributed by atoms with Crippen LogP contribution in [0, 0.1) is 0 Å². The normalized spacial score (nSPS) is 12.6. The smallest absolute Gasteiger partial charge is 0.325 e. The van der Waals surface area contributed by atoms with Gasteiger partial charge in [-0.15, -0.1) is 0 Å². The van der Waals surface area contributed by atoms with Crippen LogP contribution in [0.15, 0.2) is 53.6 Å². The minimum atomic E-state index is -4.70. The van der Waals surface area contributed by atoms with Crippen LogP contribution in [0.4, 0.5) is 18.9 Å². The number of nitrogens with one attached hydrogen (secondary N) is 1. The van der Waals surface area contributed by atoms with Gasteiger partial charge >= 0.3 is 6.18 Å². The largest absolute Gasteiger partial charge is 0.451 e. The summed E-state index contributed by atoms with van der Waals surface area (Å²) in [7, 11) is 0. The van der Waals surface area contributed by atoms with E-state index in [2.05, 4.69) is 15.3 Å². The number of para-hydroxylation sites is 1. The highest BCUT2D eigenvalue weighted by Crippen LogP contribution is 2.33. The van der Waals surface area contributed by atoms with Gasteiger partial charge in [0.05, 0.1) is 10.8 Å². The summed E-state index contributed by atoms with van der Waals surface area (Å²) in [4.78, 5) is 31.2. The lowest BCUT2D eigenvalue weighted by atomic mass is 10.1. The van der Waals surface area contributed by atoms with Crippen LogP contribution in [0.5, 0.6) is 0 Å². The summed E-state index contributed by atoms with van der Waals surface area (Å²) in [6.45, 7) is 2.98. The first-order chi connectivity index (χ1) is 13.6. The summed E-state index contributed by atoms with van der Waals surface area (Å²) in [6, 6.07) is 12.8. The number of amides is 1. The number of alkyl halides is 3. The van der Waals surface area contributed by atoms with Crippen molar-refractivity contribution in [3.8, 4) is 0 Å². The van der Waals surface area contributed by atoms with Crippen LogP contribution in [0.3, 0.4) is 0 Å². The lowest BCUT2D eigenvalue weighted by Crippen LogP contribution is -2.23. The first kappa shape index (κ1) is 20.8. The Balaban J connectivity index is 1.85. The highest BCUT2D eigenvalue weighted by atomic mass is 32.2. The number of ketones is 1. The predicted octanol–water partition coefficient (Wildman–Crippen LogP) is 4.97. The highest BCUT2D eigenvalue weighted by molar-refractivity contribution is 8.00. The number of nitrogens with zero attached hydrogens (tertiary/aromatic N) is 2. The molecule has 0 saturated carbocycles. The Bertz CT molecular complexity index is 1090. The fourth-order valence-electron chi connectivity index (χ4n) is 2.54. The number of halogens is 3. The summed E-state index contributed by atoms with van der Waals surface area (Å²) >= 11 is 0.911. The molecule has 9 heteroatoms. The molecule has 3 rings (SSSR count). The van der Waals surface area contributed by atoms with Crippen LogP contribution in [-0.2, 0) is 11.0 Å². The molecular formula is C20H16F3N3O2S. The molecule has 0 saturated heterocycles. The first-order valence-corrected chi connectivity index (χ1v) is 9.45. The molecule has 0 bridgehead atoms. The molecule has 1 atom stereocenters. The van der Waals surface area contributed by atoms with Gasteiger partial charge in [-0.2, -0.15) is 13.2 Å². The molecule has 0 radical (unpaired) electrons. The third kappa shape index (κ3) is 4.92. The SMILES string of the molecule is CC(=O)c1cccc(NC(=O)[C@H](C)Sc2nc(C(F)(F)F)nc3ccccc23)c1. The van der Waals surface area contributed by atoms with Gasteiger partial charge in [-0.3, -0.25) is 9.59 Å². The maximum absolute atomic E-state index is 13.1. The molecule has 1 amide bonds. The number of hydrogen-bond donors (Lipinski definition) is 1. The summed E-state index contributed by atoms with van der Waals surface area (Å²) in [6.07, 6.45) is -4.70. The fourth-order valence-corrected chi connectivity index (χ4v) is 3.48. The molecule has 3 aromatic rings. The van der Waals surface area contributed by atoms with Crippen molar-refractivity contribution < 1.29 is 22.8 Å². The van der Waals surface area contributed by atoms with Gasteiger partial charge in [0.2, 0.25) is 11.7 Å². The van der Waals surface area contributed by atoms with Gasteiger partial charge in [0.1, 0.15) is 5.03 Å². The maximum atomic E-state index is 13.1. The van der Waals surface area contributed by atoms with Crippen molar-refractivity contribution in [1.29, 1.82) is 0 Å². The lowest BCUT2D eigenvalue weighted by Gasteiger charge is -2.14. The summed E-state index contributed by atoms with van der Waals surface area (Å²) in [5.74, 6) is -1.82. The summed E-state index contributed by atoms with van der Waals surface area (Å²) < 4.78 is 39.4. The van der Waals surface area contributed by atoms with Crippen molar-refractivity contribution in [2.75, 3.05) is 5.32 Å². The van der Waals surface area contributed by atoms with Crippen LogP contribution < -0.4 is 5.32 Å². The molecular weight excluding hydrogens is 403 g/mol. The van der Waals surface area contributed by atoms with Gasteiger partial charge < -0.3 is 5.32 Å². The maximum Gasteiger partial charge on any atom is 0.451 e. The minimum absolute atomic E-state index is 0.0723. The Morgan fingerprint density at radius 2 is 1.79 bits per heavy atom. The van der Waals surface area contributed by atoms with E-state index in [0.29, 0.717) is 16.6 Å². The van der Waals surface area contributed by atoms with Gasteiger partial charge in [0, 0.05) is 16.6 Å². The molecule has 0 fully saturated rings. The molecule has 2 aromatic carbocycles. The summed E-state index contributed by atoms with van der Waals surface area (Å²) in [5.41, 5.74) is 1.03. The van der Waals surface area contributed by atoms with E-state index >= 15 is 0 Å². The Labute approximate surface area is 168 Å². The van der Waals surface area contributed by atoms with Gasteiger partial charge in [0.15, 0.2) is 5.78 Å². The first-order valence-electron chi connectivity index (χ1n) is 8.57. The van der Waals surface area contributed by atoms with Crippen LogP contribution in [0.2, 0.25) is 0 Å². The third-order valence-corrected chi connectivity index (χ3v) is 5.12. The van der Waals surface area contributed by atoms with E-state index in [-0.39, 0.29) is 16.3 Å². The van der Waals surface area contributed by atoms with Crippen molar-refractivity contribution in [3.05, 3.63) is 59.9 Å². The van der Waals surface area contributed by atoms with Crippen molar-refractivity contribution >= 4 is 40.0 Å². The predicted molar refractivity (Wildman–Crippen MR) is 105 cm³/mol. The summed E-state index contributed by atoms with van der Waals surface area (Å²) in [5, 5.41) is 2.44. The van der Waals surface area contributed by atoms with E-state index in [9.17, 15) is 22.8 Å². The number of rotatable bonds is 5. The van der Waals surface area contributed by atoms with E-state index in [4.69, 9.17) is 0 Å². The van der Waals surface area contributed by atoms with Crippen LogP contribution >= 0.6 is 11.8 Å². The number of carbonyl (C=O) groups excluding carboxylic acids is 2. The molecule has 0 aliphatic heterocycles. The molecule has 0 aliphatic carbocycles. The highest BCUT2D eigenvalue weighted by Gasteiger charge is 2.36. The Morgan fingerprint density at radius 3 is 2.48 bits per heavy atom. The topological polar surface area (TPSA) is 72.0 Å². The molecule has 1 heterocycles. The quantitative estimate of drug-likeness (QED) is 0.359. The number of carbonyl (C=O) groups is 2. The molecule has 29 heavy (non-hydrogen) atoms. The minimum Gasteiger partial charge on any atom is -0.325 e. The molecule has 1 N–H and O–H groups in total. The monoisotopic (exact) mass is 419 g/mol. The molecule has 0 spiro atoms. The Hall–Kier alpha value is -2.94. The van der Waals surface area contributed by atoms with Crippen molar-refractivity contribution in [3.63, 3.8) is 0 Å². The molecule has 1 aromatic heterocycles. The molecule has 0 unspecified atom stereocenters. The zero-order chi connectivity index (χ0) is 21.2. The third-order valence-electron chi connectivity index (χ3n) is 4.02. The average Bonchev–Trinajstić information content (AvgIpc) is 2.67. The van der Waals surface area contributed by atoms with Gasteiger partial charge in [0.25, 0.3) is 0 Å². The molecule has 150 valence electrons. The number of anilines is 1. The number of thioether (sulfide) groups is 1. The van der Waals surface area contributed by atoms with Crippen molar-refractivity contribution in [2.24, 2.45) is 0 Å². The molecule has 0 aliphatic rings. The van der Waals surface area contributed by atoms with E-state index in [1.54, 1.807) is 49.4 Å². The second-order valence-corrected chi connectivity index (χ2v) is 7.58. The number of Topliss-reactive ketones (excluding diaryl/α,β-unsaturated/α-hetero) is 1. The second kappa shape index (κ2) is 8.20. The van der Waals surface area contributed by atoms with Gasteiger partial charge in [-0.05, 0) is 32.0 Å². The second-order valence-electron chi connectivity index (χ2n) is 6.25. The van der Waals surface area contributed by atoms with Gasteiger partial charge in [-0.25, -0.2) is 9.97 Å². The average molecular weight is 419 g/mol. The number of aromatic nitrogens is 2. The van der Waals surface area contributed by atoms with E-state index in [1.807, 2.05) is 0 Å². The zero-order valence-electron chi connectivity index (χ0n) is 15.4. The fraction of sp³-hybridized carbons (Fsp3) is 0.200. The number of fused-ring (bicyclic) bond motifs is 1. The van der Waals surface area contributed by atoms with Crippen LogP contribution in [0.25, 0.3) is 10.9 Å². The Morgan fingerprint density at radius 1 is 1.07 bits per heavy atom. The zero-order valence-corrected chi connectivity index (χ0v) is 16.3. The molecule has 5 nitrogen and oxygen atoms in total. The van der Waals surface area contributed by atoms with E-state index in [0.717, 1.165) is 11.8 Å².